The number of hydrogen-bond acceptors (Lipinski definition) is 7. The van der Waals surface area contributed by atoms with Gasteiger partial charge in [-0.25, -0.2) is 5.84 Å². The molecule has 1 aromatic rings. The number of thioether (sulfide) groups is 1. The van der Waals surface area contributed by atoms with Crippen molar-refractivity contribution in [2.75, 3.05) is 25.9 Å². The molecule has 0 radical (unpaired) electrons. The molecule has 0 spiro atoms. The van der Waals surface area contributed by atoms with Crippen molar-refractivity contribution in [1.82, 2.24) is 9.97 Å². The van der Waals surface area contributed by atoms with Crippen LogP contribution in [0.3, 0.4) is 0 Å². The van der Waals surface area contributed by atoms with E-state index < -0.39 is 0 Å². The first-order chi connectivity index (χ1) is 6.76. The van der Waals surface area contributed by atoms with E-state index in [1.807, 2.05) is 6.26 Å². The van der Waals surface area contributed by atoms with Crippen molar-refractivity contribution in [1.29, 1.82) is 0 Å². The Kier molecular flexibility index (Phi) is 3.78. The van der Waals surface area contributed by atoms with E-state index in [2.05, 4.69) is 15.4 Å². The number of hydrazine groups is 1. The van der Waals surface area contributed by atoms with Crippen LogP contribution in [0, 0.1) is 0 Å². The summed E-state index contributed by atoms with van der Waals surface area (Å²) >= 11 is 1.44. The Morgan fingerprint density at radius 1 is 1.29 bits per heavy atom. The maximum Gasteiger partial charge on any atom is 0.321 e. The number of ether oxygens (including phenoxy) is 2. The van der Waals surface area contributed by atoms with Crippen LogP contribution in [-0.4, -0.2) is 30.4 Å². The second-order valence-electron chi connectivity index (χ2n) is 2.25. The van der Waals surface area contributed by atoms with Crippen LogP contribution < -0.4 is 20.7 Å². The highest BCUT2D eigenvalue weighted by Gasteiger charge is 2.13. The van der Waals surface area contributed by atoms with Gasteiger partial charge >= 0.3 is 6.01 Å². The maximum atomic E-state index is 5.31. The average Bonchev–Trinajstić information content (AvgIpc) is 2.26. The number of nitrogens with zero attached hydrogens (tertiary/aromatic N) is 2. The number of anilines is 1. The molecule has 0 aliphatic carbocycles. The van der Waals surface area contributed by atoms with E-state index in [1.165, 1.54) is 26.0 Å². The second-order valence-corrected chi connectivity index (χ2v) is 3.06. The number of methoxy groups -OCH3 is 2. The largest absolute Gasteiger partial charge is 0.480 e. The van der Waals surface area contributed by atoms with E-state index in [-0.39, 0.29) is 6.01 Å². The molecule has 6 nitrogen and oxygen atoms in total. The molecular formula is C7H12N4O2S. The van der Waals surface area contributed by atoms with Crippen molar-refractivity contribution in [3.8, 4) is 11.9 Å². The highest BCUT2D eigenvalue weighted by molar-refractivity contribution is 7.98. The van der Waals surface area contributed by atoms with E-state index in [1.54, 1.807) is 0 Å². The Labute approximate surface area is 86.2 Å². The zero-order valence-corrected chi connectivity index (χ0v) is 9.01. The van der Waals surface area contributed by atoms with E-state index in [0.717, 1.165) is 4.90 Å². The molecule has 14 heavy (non-hydrogen) atoms. The summed E-state index contributed by atoms with van der Waals surface area (Å²) in [6.07, 6.45) is 1.88. The minimum Gasteiger partial charge on any atom is -0.480 e. The van der Waals surface area contributed by atoms with Crippen LogP contribution in [0.1, 0.15) is 0 Å². The van der Waals surface area contributed by atoms with Gasteiger partial charge in [-0.15, -0.1) is 11.8 Å². The van der Waals surface area contributed by atoms with Gasteiger partial charge in [0.25, 0.3) is 0 Å². The number of nitrogen functional groups attached to an aromatic ring is 1. The Morgan fingerprint density at radius 2 is 2.00 bits per heavy atom. The van der Waals surface area contributed by atoms with Crippen LogP contribution in [0.5, 0.6) is 11.9 Å². The molecule has 1 aromatic heterocycles. The monoisotopic (exact) mass is 216 g/mol. The molecule has 0 saturated heterocycles. The van der Waals surface area contributed by atoms with Crippen molar-refractivity contribution < 1.29 is 9.47 Å². The number of nitrogens with two attached hydrogens (primary N) is 1. The molecule has 0 amide bonds. The SMILES string of the molecule is COc1nc(NN)c(SC)c(OC)n1. The van der Waals surface area contributed by atoms with Crippen LogP contribution >= 0.6 is 11.8 Å². The quantitative estimate of drug-likeness (QED) is 0.431. The number of nitrogens with one attached hydrogen (secondary N) is 1. The topological polar surface area (TPSA) is 82.3 Å². The average molecular weight is 216 g/mol. The molecule has 0 bridgehead atoms. The molecule has 0 aliphatic heterocycles. The standard InChI is InChI=1S/C7H12N4O2S/c1-12-6-4(14-3)5(11-8)9-7(10-6)13-2/h8H2,1-3H3,(H,9,10,11). The van der Waals surface area contributed by atoms with Crippen LogP contribution in [0.2, 0.25) is 0 Å². The smallest absolute Gasteiger partial charge is 0.321 e. The number of aromatic nitrogens is 2. The van der Waals surface area contributed by atoms with Gasteiger partial charge in [-0.2, -0.15) is 9.97 Å². The zero-order chi connectivity index (χ0) is 10.6. The molecule has 0 aliphatic rings. The Morgan fingerprint density at radius 3 is 2.43 bits per heavy atom. The summed E-state index contributed by atoms with van der Waals surface area (Å²) in [4.78, 5) is 8.78. The summed E-state index contributed by atoms with van der Waals surface area (Å²) in [5.74, 6) is 6.24. The fraction of sp³-hybridized carbons (Fsp3) is 0.429. The molecular weight excluding hydrogens is 204 g/mol. The Bertz CT molecular complexity index is 296. The minimum atomic E-state index is 0.215. The third-order valence-electron chi connectivity index (χ3n) is 1.53. The number of rotatable bonds is 4. The van der Waals surface area contributed by atoms with E-state index in [9.17, 15) is 0 Å². The van der Waals surface area contributed by atoms with Gasteiger partial charge in [-0.3, -0.25) is 0 Å². The fourth-order valence-electron chi connectivity index (χ4n) is 0.922. The number of hydrogen-bond donors (Lipinski definition) is 2. The lowest BCUT2D eigenvalue weighted by Crippen LogP contribution is -2.11. The molecule has 1 heterocycles. The van der Waals surface area contributed by atoms with Gasteiger partial charge in [0.1, 0.15) is 4.90 Å². The predicted molar refractivity (Wildman–Crippen MR) is 54.7 cm³/mol. The van der Waals surface area contributed by atoms with Gasteiger partial charge in [0.2, 0.25) is 5.88 Å². The molecule has 0 unspecified atom stereocenters. The van der Waals surface area contributed by atoms with Gasteiger partial charge in [-0.1, -0.05) is 0 Å². The molecule has 78 valence electrons. The van der Waals surface area contributed by atoms with Gasteiger partial charge < -0.3 is 14.9 Å². The third-order valence-corrected chi connectivity index (χ3v) is 2.31. The molecule has 0 fully saturated rings. The summed E-state index contributed by atoms with van der Waals surface area (Å²) in [6, 6.07) is 0.215. The first kappa shape index (κ1) is 10.9. The lowest BCUT2D eigenvalue weighted by atomic mass is 10.5. The summed E-state index contributed by atoms with van der Waals surface area (Å²) in [7, 11) is 3.01. The predicted octanol–water partition coefficient (Wildman–Crippen LogP) is 0.501. The molecule has 0 atom stereocenters. The Hall–Kier alpha value is -1.21. The van der Waals surface area contributed by atoms with Crippen molar-refractivity contribution in [3.05, 3.63) is 0 Å². The zero-order valence-electron chi connectivity index (χ0n) is 8.20. The minimum absolute atomic E-state index is 0.215. The lowest BCUT2D eigenvalue weighted by Gasteiger charge is -2.10. The van der Waals surface area contributed by atoms with Crippen molar-refractivity contribution >= 4 is 17.6 Å². The second kappa shape index (κ2) is 4.87. The van der Waals surface area contributed by atoms with Crippen LogP contribution in [0.25, 0.3) is 0 Å². The molecule has 1 rings (SSSR count). The first-order valence-electron chi connectivity index (χ1n) is 3.77. The summed E-state index contributed by atoms with van der Waals surface area (Å²) in [5, 5.41) is 0. The van der Waals surface area contributed by atoms with Crippen LogP contribution in [0.15, 0.2) is 4.90 Å². The van der Waals surface area contributed by atoms with Gasteiger partial charge in [0.15, 0.2) is 5.82 Å². The summed E-state index contributed by atoms with van der Waals surface area (Å²) < 4.78 is 9.97. The van der Waals surface area contributed by atoms with Gasteiger partial charge in [-0.05, 0) is 6.26 Å². The lowest BCUT2D eigenvalue weighted by molar-refractivity contribution is 0.346. The summed E-state index contributed by atoms with van der Waals surface area (Å²) in [6.45, 7) is 0. The third kappa shape index (κ3) is 1.99. The van der Waals surface area contributed by atoms with E-state index in [4.69, 9.17) is 15.3 Å². The molecule has 3 N–H and O–H groups in total. The fourth-order valence-corrected chi connectivity index (χ4v) is 1.52. The van der Waals surface area contributed by atoms with Crippen molar-refractivity contribution in [2.24, 2.45) is 5.84 Å². The normalized spacial score (nSPS) is 9.71. The molecule has 0 saturated carbocycles. The van der Waals surface area contributed by atoms with E-state index >= 15 is 0 Å². The van der Waals surface area contributed by atoms with Gasteiger partial charge in [0.05, 0.1) is 14.2 Å². The van der Waals surface area contributed by atoms with Crippen molar-refractivity contribution in [2.45, 2.75) is 4.90 Å². The van der Waals surface area contributed by atoms with Crippen LogP contribution in [-0.2, 0) is 0 Å². The first-order valence-corrected chi connectivity index (χ1v) is 4.99. The molecule has 7 heteroatoms. The van der Waals surface area contributed by atoms with Gasteiger partial charge in [0, 0.05) is 0 Å². The maximum absolute atomic E-state index is 5.31. The van der Waals surface area contributed by atoms with E-state index in [0.29, 0.717) is 11.7 Å². The summed E-state index contributed by atoms with van der Waals surface area (Å²) in [5.41, 5.74) is 2.46. The Balaban J connectivity index is 3.24. The molecule has 0 aromatic carbocycles. The van der Waals surface area contributed by atoms with Crippen LogP contribution in [0.4, 0.5) is 5.82 Å². The highest BCUT2D eigenvalue weighted by atomic mass is 32.2. The van der Waals surface area contributed by atoms with Crippen molar-refractivity contribution in [3.63, 3.8) is 0 Å². The highest BCUT2D eigenvalue weighted by Crippen LogP contribution is 2.32.